The van der Waals surface area contributed by atoms with Crippen molar-refractivity contribution in [2.45, 2.75) is 6.42 Å². The number of amides is 1. The Morgan fingerprint density at radius 2 is 2.05 bits per heavy atom. The fraction of sp³-hybridized carbons (Fsp3) is 0.417. The summed E-state index contributed by atoms with van der Waals surface area (Å²) in [7, 11) is 1.73. The molecule has 0 bridgehead atoms. The number of non-ortho nitro benzene ring substituents is 1. The lowest BCUT2D eigenvalue weighted by atomic mass is 10.3. The van der Waals surface area contributed by atoms with E-state index in [1.165, 1.54) is 12.1 Å². The number of nitro benzene ring substituents is 1. The largest absolute Gasteiger partial charge is 0.494 e. The van der Waals surface area contributed by atoms with Crippen LogP contribution in [0.25, 0.3) is 0 Å². The van der Waals surface area contributed by atoms with Crippen LogP contribution in [0.1, 0.15) is 6.42 Å². The van der Waals surface area contributed by atoms with E-state index in [0.717, 1.165) is 0 Å². The van der Waals surface area contributed by atoms with E-state index in [1.54, 1.807) is 24.1 Å². The predicted octanol–water partition coefficient (Wildman–Crippen LogP) is 2.22. The molecule has 0 N–H and O–H groups in total. The van der Waals surface area contributed by atoms with Gasteiger partial charge >= 0.3 is 0 Å². The minimum absolute atomic E-state index is 0.0235. The molecule has 1 aromatic rings. The van der Waals surface area contributed by atoms with E-state index in [9.17, 15) is 14.9 Å². The van der Waals surface area contributed by atoms with Crippen LogP contribution in [-0.2, 0) is 4.79 Å². The maximum Gasteiger partial charge on any atom is 0.269 e. The Morgan fingerprint density at radius 1 is 1.42 bits per heavy atom. The van der Waals surface area contributed by atoms with Gasteiger partial charge in [-0.1, -0.05) is 15.9 Å². The molecule has 0 unspecified atom stereocenters. The number of ether oxygens (including phenoxy) is 1. The highest BCUT2D eigenvalue weighted by atomic mass is 79.9. The van der Waals surface area contributed by atoms with Crippen molar-refractivity contribution in [3.05, 3.63) is 34.4 Å². The van der Waals surface area contributed by atoms with Gasteiger partial charge in [0.25, 0.3) is 5.69 Å². The number of carbonyl (C=O) groups is 1. The molecule has 0 heterocycles. The lowest BCUT2D eigenvalue weighted by molar-refractivity contribution is -0.384. The smallest absolute Gasteiger partial charge is 0.269 e. The fourth-order valence-corrected chi connectivity index (χ4v) is 1.81. The third-order valence-corrected chi connectivity index (χ3v) is 2.97. The van der Waals surface area contributed by atoms with E-state index in [-0.39, 0.29) is 11.6 Å². The minimum atomic E-state index is -0.454. The Bertz CT molecular complexity index is 436. The first-order valence-corrected chi connectivity index (χ1v) is 6.84. The lowest BCUT2D eigenvalue weighted by Gasteiger charge is -2.15. The van der Waals surface area contributed by atoms with Gasteiger partial charge in [-0.3, -0.25) is 14.9 Å². The molecule has 0 atom stereocenters. The van der Waals surface area contributed by atoms with Crippen LogP contribution in [0.15, 0.2) is 24.3 Å². The zero-order valence-corrected chi connectivity index (χ0v) is 12.1. The van der Waals surface area contributed by atoms with Crippen LogP contribution in [0.2, 0.25) is 0 Å². The lowest BCUT2D eigenvalue weighted by Crippen LogP contribution is -2.29. The number of halogens is 1. The molecule has 1 rings (SSSR count). The van der Waals surface area contributed by atoms with Crippen molar-refractivity contribution >= 4 is 27.5 Å². The number of nitro groups is 1. The molecule has 6 nitrogen and oxygen atoms in total. The summed E-state index contributed by atoms with van der Waals surface area (Å²) in [6.45, 7) is 1.06. The molecule has 0 aromatic heterocycles. The van der Waals surface area contributed by atoms with Crippen LogP contribution < -0.4 is 4.74 Å². The Balaban J connectivity index is 2.29. The highest BCUT2D eigenvalue weighted by Gasteiger charge is 2.06. The summed E-state index contributed by atoms with van der Waals surface area (Å²) in [6, 6.07) is 5.92. The Hall–Kier alpha value is -1.63. The highest BCUT2D eigenvalue weighted by molar-refractivity contribution is 9.09. The summed E-state index contributed by atoms with van der Waals surface area (Å²) >= 11 is 3.10. The predicted molar refractivity (Wildman–Crippen MR) is 74.6 cm³/mol. The number of nitrogens with zero attached hydrogens (tertiary/aromatic N) is 2. The standard InChI is InChI=1S/C12H15BrN2O4/c1-14(12(16)9-13)7-2-8-19-11-5-3-10(4-6-11)15(17)18/h3-6H,2,7-9H2,1H3. The molecule has 104 valence electrons. The third kappa shape index (κ3) is 5.25. The number of rotatable bonds is 7. The molecule has 0 saturated heterocycles. The van der Waals surface area contributed by atoms with E-state index in [0.29, 0.717) is 30.7 Å². The number of alkyl halides is 1. The molecular weight excluding hydrogens is 316 g/mol. The van der Waals surface area contributed by atoms with Crippen LogP contribution in [0.3, 0.4) is 0 Å². The van der Waals surface area contributed by atoms with Gasteiger partial charge in [-0.2, -0.15) is 0 Å². The molecule has 1 amide bonds. The van der Waals surface area contributed by atoms with Gasteiger partial charge in [0.1, 0.15) is 5.75 Å². The first-order chi connectivity index (χ1) is 9.04. The zero-order valence-electron chi connectivity index (χ0n) is 10.5. The van der Waals surface area contributed by atoms with Crippen LogP contribution in [0.5, 0.6) is 5.75 Å². The van der Waals surface area contributed by atoms with Crippen LogP contribution in [0.4, 0.5) is 5.69 Å². The monoisotopic (exact) mass is 330 g/mol. The van der Waals surface area contributed by atoms with Gasteiger partial charge in [-0.15, -0.1) is 0 Å². The first kappa shape index (κ1) is 15.4. The summed E-state index contributed by atoms with van der Waals surface area (Å²) in [4.78, 5) is 22.9. The van der Waals surface area contributed by atoms with Gasteiger partial charge in [0.2, 0.25) is 5.91 Å². The summed E-state index contributed by atoms with van der Waals surface area (Å²) in [6.07, 6.45) is 0.701. The van der Waals surface area contributed by atoms with Crippen LogP contribution in [-0.4, -0.2) is 41.3 Å². The number of hydrogen-bond acceptors (Lipinski definition) is 4. The summed E-state index contributed by atoms with van der Waals surface area (Å²) < 4.78 is 5.43. The van der Waals surface area contributed by atoms with Crippen molar-refractivity contribution in [1.29, 1.82) is 0 Å². The molecule has 0 aliphatic heterocycles. The third-order valence-electron chi connectivity index (χ3n) is 2.49. The zero-order chi connectivity index (χ0) is 14.3. The average Bonchev–Trinajstić information content (AvgIpc) is 2.42. The molecule has 0 fully saturated rings. The van der Waals surface area contributed by atoms with Gasteiger partial charge in [0.15, 0.2) is 0 Å². The second kappa shape index (κ2) is 7.73. The van der Waals surface area contributed by atoms with Crippen LogP contribution >= 0.6 is 15.9 Å². The SMILES string of the molecule is CN(CCCOc1ccc([N+](=O)[O-])cc1)C(=O)CBr. The minimum Gasteiger partial charge on any atom is -0.494 e. The topological polar surface area (TPSA) is 72.7 Å². The molecule has 19 heavy (non-hydrogen) atoms. The summed E-state index contributed by atoms with van der Waals surface area (Å²) in [5.41, 5.74) is 0.0370. The first-order valence-electron chi connectivity index (χ1n) is 5.71. The van der Waals surface area contributed by atoms with Gasteiger partial charge < -0.3 is 9.64 Å². The Kier molecular flexibility index (Phi) is 6.27. The summed E-state index contributed by atoms with van der Waals surface area (Å²) in [5.74, 6) is 0.607. The van der Waals surface area contributed by atoms with Gasteiger partial charge in [-0.05, 0) is 18.6 Å². The maximum atomic E-state index is 11.3. The average molecular weight is 331 g/mol. The molecule has 7 heteroatoms. The van der Waals surface area contributed by atoms with Crippen molar-refractivity contribution in [2.75, 3.05) is 25.5 Å². The van der Waals surface area contributed by atoms with E-state index < -0.39 is 4.92 Å². The number of hydrogen-bond donors (Lipinski definition) is 0. The molecule has 0 aliphatic rings. The molecule has 0 radical (unpaired) electrons. The molecule has 0 spiro atoms. The van der Waals surface area contributed by atoms with E-state index in [1.807, 2.05) is 0 Å². The maximum absolute atomic E-state index is 11.3. The fourth-order valence-electron chi connectivity index (χ4n) is 1.38. The van der Waals surface area contributed by atoms with Crippen LogP contribution in [0, 0.1) is 10.1 Å². The van der Waals surface area contributed by atoms with Gasteiger partial charge in [0, 0.05) is 25.7 Å². The van der Waals surface area contributed by atoms with E-state index >= 15 is 0 Å². The van der Waals surface area contributed by atoms with Crippen molar-refractivity contribution in [3.8, 4) is 5.75 Å². The van der Waals surface area contributed by atoms with Crippen molar-refractivity contribution < 1.29 is 14.5 Å². The highest BCUT2D eigenvalue weighted by Crippen LogP contribution is 2.17. The van der Waals surface area contributed by atoms with E-state index in [4.69, 9.17) is 4.74 Å². The van der Waals surface area contributed by atoms with Gasteiger partial charge in [0.05, 0.1) is 16.9 Å². The van der Waals surface area contributed by atoms with Crippen molar-refractivity contribution in [2.24, 2.45) is 0 Å². The van der Waals surface area contributed by atoms with Crippen molar-refractivity contribution in [1.82, 2.24) is 4.90 Å². The molecule has 0 aliphatic carbocycles. The van der Waals surface area contributed by atoms with Gasteiger partial charge in [-0.25, -0.2) is 0 Å². The second-order valence-corrected chi connectivity index (χ2v) is 4.46. The quantitative estimate of drug-likeness (QED) is 0.332. The molecule has 0 saturated carbocycles. The second-order valence-electron chi connectivity index (χ2n) is 3.90. The number of benzene rings is 1. The summed E-state index contributed by atoms with van der Waals surface area (Å²) in [5, 5.41) is 10.8. The molecular formula is C12H15BrN2O4. The Labute approximate surface area is 119 Å². The molecule has 1 aromatic carbocycles. The van der Waals surface area contributed by atoms with E-state index in [2.05, 4.69) is 15.9 Å². The Morgan fingerprint density at radius 3 is 2.58 bits per heavy atom. The normalized spacial score (nSPS) is 10.0. The van der Waals surface area contributed by atoms with Crippen molar-refractivity contribution in [3.63, 3.8) is 0 Å². The number of carbonyl (C=O) groups excluding carboxylic acids is 1.